The lowest BCUT2D eigenvalue weighted by molar-refractivity contribution is 0.0372. The molecule has 1 aliphatic rings. The topological polar surface area (TPSA) is 83.7 Å². The van der Waals surface area contributed by atoms with Crippen LogP contribution in [0.2, 0.25) is 0 Å². The Balaban J connectivity index is 1.54. The van der Waals surface area contributed by atoms with Crippen LogP contribution in [0.3, 0.4) is 0 Å². The van der Waals surface area contributed by atoms with Crippen molar-refractivity contribution in [1.82, 2.24) is 5.32 Å². The van der Waals surface area contributed by atoms with Gasteiger partial charge in [0.1, 0.15) is 17.1 Å². The van der Waals surface area contributed by atoms with Gasteiger partial charge in [0.2, 0.25) is 0 Å². The van der Waals surface area contributed by atoms with E-state index >= 15 is 0 Å². The van der Waals surface area contributed by atoms with Crippen molar-refractivity contribution in [2.45, 2.75) is 25.4 Å². The molecule has 0 aliphatic heterocycles. The van der Waals surface area contributed by atoms with Gasteiger partial charge in [-0.1, -0.05) is 12.1 Å². The Kier molecular flexibility index (Phi) is 4.76. The van der Waals surface area contributed by atoms with Crippen molar-refractivity contribution in [1.29, 1.82) is 0 Å². The van der Waals surface area contributed by atoms with Crippen molar-refractivity contribution in [3.05, 3.63) is 48.4 Å². The monoisotopic (exact) mass is 330 g/mol. The molecule has 1 atom stereocenters. The fourth-order valence-corrected chi connectivity index (χ4v) is 2.28. The number of aliphatic hydroxyl groups is 1. The summed E-state index contributed by atoms with van der Waals surface area (Å²) in [6.45, 7) is 2.28. The zero-order valence-corrected chi connectivity index (χ0v) is 13.6. The highest BCUT2D eigenvalue weighted by Crippen LogP contribution is 2.31. The predicted octanol–water partition coefficient (Wildman–Crippen LogP) is 3.10. The predicted molar refractivity (Wildman–Crippen MR) is 90.0 cm³/mol. The molecule has 128 valence electrons. The Labute approximate surface area is 140 Å². The van der Waals surface area contributed by atoms with Crippen molar-refractivity contribution < 1.29 is 19.1 Å². The second-order valence-corrected chi connectivity index (χ2v) is 6.31. The number of hydrogen-bond donors (Lipinski definition) is 3. The lowest BCUT2D eigenvalue weighted by Crippen LogP contribution is -2.40. The highest BCUT2D eigenvalue weighted by molar-refractivity contribution is 5.90. The summed E-state index contributed by atoms with van der Waals surface area (Å²) >= 11 is 0. The molecular weight excluding hydrogens is 308 g/mol. The Bertz CT molecular complexity index is 678. The molecule has 2 aromatic rings. The number of carbonyl (C=O) groups excluding carboxylic acids is 1. The van der Waals surface area contributed by atoms with Crippen molar-refractivity contribution in [2.75, 3.05) is 18.5 Å². The molecule has 0 bridgehead atoms. The highest BCUT2D eigenvalue weighted by Gasteiger charge is 2.27. The van der Waals surface area contributed by atoms with E-state index in [1.165, 1.54) is 19.1 Å². The van der Waals surface area contributed by atoms with Crippen LogP contribution in [-0.2, 0) is 5.60 Å². The summed E-state index contributed by atoms with van der Waals surface area (Å²) < 4.78 is 10.9. The van der Waals surface area contributed by atoms with E-state index < -0.39 is 11.6 Å². The molecule has 24 heavy (non-hydrogen) atoms. The van der Waals surface area contributed by atoms with Crippen LogP contribution in [0.5, 0.6) is 5.75 Å². The molecule has 1 heterocycles. The standard InChI is InChI=1S/C18H22N2O4/c1-18(22,16-7-4-10-23-16)12-19-17(21)20-14-5-2-3-6-15(14)24-11-13-8-9-13/h2-7,10,13,22H,8-9,11-12H2,1H3,(H2,19,20,21). The van der Waals surface area contributed by atoms with Crippen molar-refractivity contribution in [3.63, 3.8) is 0 Å². The van der Waals surface area contributed by atoms with Gasteiger partial charge in [-0.05, 0) is 49.9 Å². The zero-order valence-electron chi connectivity index (χ0n) is 13.6. The number of furan rings is 1. The minimum atomic E-state index is -1.27. The van der Waals surface area contributed by atoms with Gasteiger partial charge in [-0.15, -0.1) is 0 Å². The molecule has 1 fully saturated rings. The second-order valence-electron chi connectivity index (χ2n) is 6.31. The molecule has 3 N–H and O–H groups in total. The number of nitrogens with one attached hydrogen (secondary N) is 2. The van der Waals surface area contributed by atoms with Gasteiger partial charge in [-0.25, -0.2) is 4.79 Å². The van der Waals surface area contributed by atoms with E-state index in [-0.39, 0.29) is 6.54 Å². The van der Waals surface area contributed by atoms with E-state index in [1.54, 1.807) is 25.1 Å². The van der Waals surface area contributed by atoms with Gasteiger partial charge >= 0.3 is 6.03 Å². The first-order valence-electron chi connectivity index (χ1n) is 8.07. The van der Waals surface area contributed by atoms with E-state index in [9.17, 15) is 9.90 Å². The number of rotatable bonds is 7. The van der Waals surface area contributed by atoms with E-state index in [2.05, 4.69) is 10.6 Å². The average Bonchev–Trinajstić information content (AvgIpc) is 3.22. The third-order valence-electron chi connectivity index (χ3n) is 3.95. The van der Waals surface area contributed by atoms with Gasteiger partial charge in [0, 0.05) is 0 Å². The summed E-state index contributed by atoms with van der Waals surface area (Å²) in [5.74, 6) is 1.68. The van der Waals surface area contributed by atoms with Crippen LogP contribution >= 0.6 is 0 Å². The van der Waals surface area contributed by atoms with Crippen LogP contribution in [0.1, 0.15) is 25.5 Å². The van der Waals surface area contributed by atoms with Crippen LogP contribution in [-0.4, -0.2) is 24.3 Å². The molecule has 1 unspecified atom stereocenters. The Hall–Kier alpha value is -2.47. The van der Waals surface area contributed by atoms with Crippen LogP contribution in [0, 0.1) is 5.92 Å². The maximum atomic E-state index is 12.1. The molecule has 3 rings (SSSR count). The van der Waals surface area contributed by atoms with Gasteiger partial charge in [-0.2, -0.15) is 0 Å². The zero-order chi connectivity index (χ0) is 17.0. The number of ether oxygens (including phenoxy) is 1. The summed E-state index contributed by atoms with van der Waals surface area (Å²) in [4.78, 5) is 12.1. The lowest BCUT2D eigenvalue weighted by atomic mass is 10.0. The minimum absolute atomic E-state index is 0.0252. The van der Waals surface area contributed by atoms with Gasteiger partial charge in [-0.3, -0.25) is 0 Å². The smallest absolute Gasteiger partial charge is 0.319 e. The number of benzene rings is 1. The number of anilines is 1. The van der Waals surface area contributed by atoms with Crippen LogP contribution in [0.15, 0.2) is 47.1 Å². The Morgan fingerprint density at radius 1 is 1.33 bits per heavy atom. The van der Waals surface area contributed by atoms with Crippen molar-refractivity contribution in [2.24, 2.45) is 5.92 Å². The third-order valence-corrected chi connectivity index (χ3v) is 3.95. The average molecular weight is 330 g/mol. The third kappa shape index (κ3) is 4.29. The van der Waals surface area contributed by atoms with Crippen molar-refractivity contribution in [3.8, 4) is 5.75 Å². The summed E-state index contributed by atoms with van der Waals surface area (Å²) in [7, 11) is 0. The molecule has 2 amide bonds. The van der Waals surface area contributed by atoms with Gasteiger partial charge in [0.25, 0.3) is 0 Å². The van der Waals surface area contributed by atoms with E-state index in [1.807, 2.05) is 18.2 Å². The van der Waals surface area contributed by atoms with Crippen LogP contribution in [0.4, 0.5) is 10.5 Å². The van der Waals surface area contributed by atoms with Gasteiger partial charge < -0.3 is 24.9 Å². The largest absolute Gasteiger partial charge is 0.491 e. The number of amides is 2. The first-order valence-corrected chi connectivity index (χ1v) is 8.07. The summed E-state index contributed by atoms with van der Waals surface area (Å²) in [5.41, 5.74) is -0.670. The minimum Gasteiger partial charge on any atom is -0.491 e. The normalized spacial score (nSPS) is 16.2. The Morgan fingerprint density at radius 3 is 2.83 bits per heavy atom. The summed E-state index contributed by atoms with van der Waals surface area (Å²) in [5, 5.41) is 15.7. The molecule has 1 aromatic heterocycles. The summed E-state index contributed by atoms with van der Waals surface area (Å²) in [6.07, 6.45) is 3.90. The van der Waals surface area contributed by atoms with E-state index in [4.69, 9.17) is 9.15 Å². The lowest BCUT2D eigenvalue weighted by Gasteiger charge is -2.21. The van der Waals surface area contributed by atoms with Gasteiger partial charge in [0.05, 0.1) is 25.1 Å². The van der Waals surface area contributed by atoms with Gasteiger partial charge in [0.15, 0.2) is 0 Å². The van der Waals surface area contributed by atoms with Crippen molar-refractivity contribution >= 4 is 11.7 Å². The molecule has 0 saturated heterocycles. The number of carbonyl (C=O) groups is 1. The molecule has 6 nitrogen and oxygen atoms in total. The molecular formula is C18H22N2O4. The van der Waals surface area contributed by atoms with E-state index in [0.29, 0.717) is 29.7 Å². The molecule has 1 aromatic carbocycles. The first-order chi connectivity index (χ1) is 11.5. The first kappa shape index (κ1) is 16.4. The summed E-state index contributed by atoms with van der Waals surface area (Å²) in [6, 6.07) is 10.3. The molecule has 6 heteroatoms. The van der Waals surface area contributed by atoms with Crippen LogP contribution < -0.4 is 15.4 Å². The second kappa shape index (κ2) is 6.97. The number of urea groups is 1. The fourth-order valence-electron chi connectivity index (χ4n) is 2.28. The number of hydrogen-bond acceptors (Lipinski definition) is 4. The quantitative estimate of drug-likeness (QED) is 0.728. The molecule has 0 radical (unpaired) electrons. The maximum Gasteiger partial charge on any atom is 0.319 e. The highest BCUT2D eigenvalue weighted by atomic mass is 16.5. The molecule has 0 spiro atoms. The van der Waals surface area contributed by atoms with Crippen LogP contribution in [0.25, 0.3) is 0 Å². The SMILES string of the molecule is CC(O)(CNC(=O)Nc1ccccc1OCC1CC1)c1ccco1. The molecule has 1 aliphatic carbocycles. The van der Waals surface area contributed by atoms with E-state index in [0.717, 1.165) is 0 Å². The number of para-hydroxylation sites is 2. The Morgan fingerprint density at radius 2 is 2.12 bits per heavy atom. The fraction of sp³-hybridized carbons (Fsp3) is 0.389. The molecule has 1 saturated carbocycles. The maximum absolute atomic E-state index is 12.1.